The highest BCUT2D eigenvalue weighted by atomic mass is 32.1. The molecule has 2 rings (SSSR count). The minimum atomic E-state index is -0.241. The van der Waals surface area contributed by atoms with Crippen molar-refractivity contribution in [1.29, 1.82) is 0 Å². The lowest BCUT2D eigenvalue weighted by Crippen LogP contribution is -2.42. The molecule has 0 spiro atoms. The SMILES string of the molecule is COC(=O)C(C)CN(C)CC(=O)N1CCc2sccc2C1. The van der Waals surface area contributed by atoms with Gasteiger partial charge in [0.25, 0.3) is 0 Å². The Balaban J connectivity index is 1.83. The van der Waals surface area contributed by atoms with Crippen molar-refractivity contribution in [3.8, 4) is 0 Å². The van der Waals surface area contributed by atoms with E-state index in [2.05, 4.69) is 11.4 Å². The average Bonchev–Trinajstić information content (AvgIpc) is 2.93. The molecule has 6 heteroatoms. The van der Waals surface area contributed by atoms with E-state index in [1.807, 2.05) is 23.8 Å². The fraction of sp³-hybridized carbons (Fsp3) is 0.600. The van der Waals surface area contributed by atoms with Crippen LogP contribution in [-0.2, 0) is 27.3 Å². The minimum Gasteiger partial charge on any atom is -0.469 e. The number of hydrogen-bond donors (Lipinski definition) is 0. The molecule has 1 aromatic heterocycles. The van der Waals surface area contributed by atoms with E-state index in [1.165, 1.54) is 17.6 Å². The number of ether oxygens (including phenoxy) is 1. The highest BCUT2D eigenvalue weighted by Crippen LogP contribution is 2.24. The van der Waals surface area contributed by atoms with Gasteiger partial charge in [0, 0.05) is 24.5 Å². The zero-order chi connectivity index (χ0) is 15.4. The first-order chi connectivity index (χ1) is 10.0. The van der Waals surface area contributed by atoms with E-state index in [0.717, 1.165) is 13.0 Å². The third-order valence-corrected chi connectivity index (χ3v) is 4.78. The summed E-state index contributed by atoms with van der Waals surface area (Å²) < 4.78 is 4.70. The fourth-order valence-electron chi connectivity index (χ4n) is 2.60. The number of likely N-dealkylation sites (N-methyl/N-ethyl adjacent to an activating group) is 1. The van der Waals surface area contributed by atoms with E-state index < -0.39 is 0 Å². The van der Waals surface area contributed by atoms with Crippen molar-refractivity contribution >= 4 is 23.2 Å². The molecule has 0 fully saturated rings. The van der Waals surface area contributed by atoms with Crippen molar-refractivity contribution in [2.45, 2.75) is 19.9 Å². The molecule has 1 unspecified atom stereocenters. The number of carbonyl (C=O) groups is 2. The molecule has 0 aliphatic carbocycles. The molecule has 1 aliphatic rings. The second-order valence-corrected chi connectivity index (χ2v) is 6.56. The standard InChI is InChI=1S/C15H22N2O3S/c1-11(15(19)20-3)8-16(2)10-14(18)17-6-4-13-12(9-17)5-7-21-13/h5,7,11H,4,6,8-10H2,1-3H3. The van der Waals surface area contributed by atoms with E-state index in [1.54, 1.807) is 11.3 Å². The molecule has 5 nitrogen and oxygen atoms in total. The minimum absolute atomic E-state index is 0.117. The van der Waals surface area contributed by atoms with E-state index in [9.17, 15) is 9.59 Å². The Morgan fingerprint density at radius 3 is 3.00 bits per heavy atom. The molecule has 0 aromatic carbocycles. The van der Waals surface area contributed by atoms with Crippen molar-refractivity contribution < 1.29 is 14.3 Å². The van der Waals surface area contributed by atoms with E-state index >= 15 is 0 Å². The molecule has 1 atom stereocenters. The summed E-state index contributed by atoms with van der Waals surface area (Å²) >= 11 is 1.77. The molecular formula is C15H22N2O3S. The van der Waals surface area contributed by atoms with Gasteiger partial charge in [0.15, 0.2) is 0 Å². The molecule has 1 aromatic rings. The molecule has 0 saturated carbocycles. The van der Waals surface area contributed by atoms with Crippen LogP contribution in [0.3, 0.4) is 0 Å². The van der Waals surface area contributed by atoms with Crippen LogP contribution in [-0.4, -0.2) is 55.5 Å². The molecule has 1 aliphatic heterocycles. The maximum absolute atomic E-state index is 12.3. The smallest absolute Gasteiger partial charge is 0.309 e. The maximum atomic E-state index is 12.3. The molecule has 21 heavy (non-hydrogen) atoms. The maximum Gasteiger partial charge on any atom is 0.309 e. The van der Waals surface area contributed by atoms with Gasteiger partial charge in [-0.05, 0) is 30.5 Å². The molecule has 1 amide bonds. The predicted octanol–water partition coefficient (Wildman–Crippen LogP) is 1.37. The number of amides is 1. The average molecular weight is 310 g/mol. The second kappa shape index (κ2) is 7.04. The van der Waals surface area contributed by atoms with Gasteiger partial charge in [-0.15, -0.1) is 11.3 Å². The van der Waals surface area contributed by atoms with Crippen LogP contribution in [0.25, 0.3) is 0 Å². The third-order valence-electron chi connectivity index (χ3n) is 3.75. The summed E-state index contributed by atoms with van der Waals surface area (Å²) in [4.78, 5) is 28.9. The van der Waals surface area contributed by atoms with Crippen molar-refractivity contribution in [3.05, 3.63) is 21.9 Å². The molecular weight excluding hydrogens is 288 g/mol. The van der Waals surface area contributed by atoms with Crippen LogP contribution in [0.1, 0.15) is 17.4 Å². The van der Waals surface area contributed by atoms with Gasteiger partial charge in [-0.25, -0.2) is 0 Å². The molecule has 116 valence electrons. The number of esters is 1. The van der Waals surface area contributed by atoms with Crippen LogP contribution in [0, 0.1) is 5.92 Å². The number of carbonyl (C=O) groups excluding carboxylic acids is 2. The second-order valence-electron chi connectivity index (χ2n) is 5.56. The number of hydrogen-bond acceptors (Lipinski definition) is 5. The molecule has 0 bridgehead atoms. The molecule has 0 N–H and O–H groups in total. The lowest BCUT2D eigenvalue weighted by Gasteiger charge is -2.29. The molecule has 2 heterocycles. The van der Waals surface area contributed by atoms with Gasteiger partial charge in [0.1, 0.15) is 0 Å². The van der Waals surface area contributed by atoms with Crippen LogP contribution in [0.5, 0.6) is 0 Å². The lowest BCUT2D eigenvalue weighted by atomic mass is 10.1. The van der Waals surface area contributed by atoms with Crippen LogP contribution >= 0.6 is 11.3 Å². The summed E-state index contributed by atoms with van der Waals surface area (Å²) in [5.41, 5.74) is 1.27. The highest BCUT2D eigenvalue weighted by Gasteiger charge is 2.23. The first-order valence-corrected chi connectivity index (χ1v) is 7.98. The quantitative estimate of drug-likeness (QED) is 0.771. The van der Waals surface area contributed by atoms with Gasteiger partial charge in [0.05, 0.1) is 19.6 Å². The Bertz CT molecular complexity index is 515. The summed E-state index contributed by atoms with van der Waals surface area (Å²) in [5.74, 6) is -0.348. The van der Waals surface area contributed by atoms with Crippen LogP contribution in [0.15, 0.2) is 11.4 Å². The normalized spacial score (nSPS) is 15.7. The summed E-state index contributed by atoms with van der Waals surface area (Å²) in [6.45, 7) is 4.16. The Labute approximate surface area is 129 Å². The van der Waals surface area contributed by atoms with Crippen molar-refractivity contribution in [2.24, 2.45) is 5.92 Å². The number of fused-ring (bicyclic) bond motifs is 1. The monoisotopic (exact) mass is 310 g/mol. The zero-order valence-corrected chi connectivity index (χ0v) is 13.6. The largest absolute Gasteiger partial charge is 0.469 e. The summed E-state index contributed by atoms with van der Waals surface area (Å²) in [7, 11) is 3.24. The first kappa shape index (κ1) is 16.0. The Morgan fingerprint density at radius 2 is 2.29 bits per heavy atom. The van der Waals surface area contributed by atoms with Crippen molar-refractivity contribution in [3.63, 3.8) is 0 Å². The Kier molecular flexibility index (Phi) is 5.36. The number of methoxy groups -OCH3 is 1. The lowest BCUT2D eigenvalue weighted by molar-refractivity contribution is -0.146. The van der Waals surface area contributed by atoms with Gasteiger partial charge < -0.3 is 9.64 Å². The van der Waals surface area contributed by atoms with Crippen molar-refractivity contribution in [1.82, 2.24) is 9.80 Å². The number of rotatable bonds is 5. The molecule has 0 radical (unpaired) electrons. The van der Waals surface area contributed by atoms with Gasteiger partial charge >= 0.3 is 5.97 Å². The van der Waals surface area contributed by atoms with Crippen LogP contribution in [0.4, 0.5) is 0 Å². The zero-order valence-electron chi connectivity index (χ0n) is 12.8. The number of nitrogens with zero attached hydrogens (tertiary/aromatic N) is 2. The van der Waals surface area contributed by atoms with Gasteiger partial charge in [0.2, 0.25) is 5.91 Å². The van der Waals surface area contributed by atoms with Crippen LogP contribution in [0.2, 0.25) is 0 Å². The fourth-order valence-corrected chi connectivity index (χ4v) is 3.49. The number of thiophene rings is 1. The van der Waals surface area contributed by atoms with Gasteiger partial charge in [-0.2, -0.15) is 0 Å². The predicted molar refractivity (Wildman–Crippen MR) is 82.1 cm³/mol. The topological polar surface area (TPSA) is 49.9 Å². The summed E-state index contributed by atoms with van der Waals surface area (Å²) in [6, 6.07) is 2.10. The highest BCUT2D eigenvalue weighted by molar-refractivity contribution is 7.10. The summed E-state index contributed by atoms with van der Waals surface area (Å²) in [5, 5.41) is 2.09. The Morgan fingerprint density at radius 1 is 1.52 bits per heavy atom. The van der Waals surface area contributed by atoms with Crippen LogP contribution < -0.4 is 0 Å². The van der Waals surface area contributed by atoms with E-state index in [0.29, 0.717) is 19.6 Å². The van der Waals surface area contributed by atoms with Gasteiger partial charge in [-0.3, -0.25) is 14.5 Å². The van der Waals surface area contributed by atoms with E-state index in [-0.39, 0.29) is 17.8 Å². The van der Waals surface area contributed by atoms with Crippen molar-refractivity contribution in [2.75, 3.05) is 33.8 Å². The third kappa shape index (κ3) is 4.04. The first-order valence-electron chi connectivity index (χ1n) is 7.10. The Hall–Kier alpha value is -1.40. The van der Waals surface area contributed by atoms with Gasteiger partial charge in [-0.1, -0.05) is 6.92 Å². The van der Waals surface area contributed by atoms with E-state index in [4.69, 9.17) is 4.74 Å². The molecule has 0 saturated heterocycles. The summed E-state index contributed by atoms with van der Waals surface area (Å²) in [6.07, 6.45) is 0.945.